The first-order chi connectivity index (χ1) is 14.4. The largest absolute Gasteiger partial charge is 0.414 e. The van der Waals surface area contributed by atoms with Gasteiger partial charge in [0.05, 0.1) is 5.75 Å². The van der Waals surface area contributed by atoms with Crippen LogP contribution in [0.15, 0.2) is 46.6 Å². The van der Waals surface area contributed by atoms with Gasteiger partial charge in [-0.25, -0.2) is 9.67 Å². The minimum Gasteiger partial charge on any atom is -0.414 e. The molecule has 0 N–H and O–H groups in total. The fourth-order valence-corrected chi connectivity index (χ4v) is 3.99. The van der Waals surface area contributed by atoms with Crippen molar-refractivity contribution in [3.8, 4) is 5.69 Å². The van der Waals surface area contributed by atoms with E-state index in [-0.39, 0.29) is 11.5 Å². The lowest BCUT2D eigenvalue weighted by atomic mass is 10.1. The molecule has 0 bridgehead atoms. The van der Waals surface area contributed by atoms with Crippen LogP contribution in [0.25, 0.3) is 5.69 Å². The first kappa shape index (κ1) is 20.1. The van der Waals surface area contributed by atoms with E-state index in [2.05, 4.69) is 56.9 Å². The van der Waals surface area contributed by atoms with E-state index in [4.69, 9.17) is 4.42 Å². The minimum absolute atomic E-state index is 0.0270. The molecule has 9 heteroatoms. The van der Waals surface area contributed by atoms with Crippen LogP contribution in [0.1, 0.15) is 38.8 Å². The van der Waals surface area contributed by atoms with Crippen molar-refractivity contribution >= 4 is 17.5 Å². The molecule has 4 aromatic rings. The Balaban J connectivity index is 1.46. The average molecular weight is 423 g/mol. The predicted octanol–water partition coefficient (Wildman–Crippen LogP) is 3.71. The number of aromatic nitrogens is 6. The number of carbonyl (C=O) groups excluding carboxylic acids is 1. The molecule has 0 fully saturated rings. The van der Waals surface area contributed by atoms with Gasteiger partial charge in [0.2, 0.25) is 5.89 Å². The normalized spacial score (nSPS) is 11.2. The Hall–Kier alpha value is -3.20. The standard InChI is InChI=1S/C21H22N6O2S/c1-13-5-6-17(7-14(13)2)27-15(3)8-18(16(27)4)19(28)10-30-21-25-24-20(29-21)9-26-12-22-11-23-26/h5-8,11-12H,9-10H2,1-4H3. The Labute approximate surface area is 178 Å². The van der Waals surface area contributed by atoms with Gasteiger partial charge in [0.15, 0.2) is 5.78 Å². The molecule has 0 spiro atoms. The number of thioether (sulfide) groups is 1. The van der Waals surface area contributed by atoms with Gasteiger partial charge in [-0.15, -0.1) is 10.2 Å². The number of carbonyl (C=O) groups is 1. The maximum atomic E-state index is 12.9. The van der Waals surface area contributed by atoms with Crippen LogP contribution in [-0.4, -0.2) is 41.1 Å². The van der Waals surface area contributed by atoms with E-state index in [0.29, 0.717) is 23.2 Å². The number of hydrogen-bond donors (Lipinski definition) is 0. The van der Waals surface area contributed by atoms with Crippen LogP contribution in [0, 0.1) is 27.7 Å². The first-order valence-corrected chi connectivity index (χ1v) is 10.5. The second kappa shape index (κ2) is 8.27. The van der Waals surface area contributed by atoms with Crippen molar-refractivity contribution in [3.63, 3.8) is 0 Å². The van der Waals surface area contributed by atoms with Crippen LogP contribution in [0.4, 0.5) is 0 Å². The molecule has 0 amide bonds. The maximum Gasteiger partial charge on any atom is 0.277 e. The topological polar surface area (TPSA) is 91.6 Å². The van der Waals surface area contributed by atoms with Gasteiger partial charge in [0, 0.05) is 22.6 Å². The molecule has 0 saturated carbocycles. The van der Waals surface area contributed by atoms with Crippen LogP contribution < -0.4 is 0 Å². The summed E-state index contributed by atoms with van der Waals surface area (Å²) in [6.07, 6.45) is 3.02. The van der Waals surface area contributed by atoms with Crippen molar-refractivity contribution in [3.05, 3.63) is 70.9 Å². The molecule has 0 aliphatic rings. The van der Waals surface area contributed by atoms with Crippen LogP contribution in [0.5, 0.6) is 0 Å². The molecule has 0 atom stereocenters. The van der Waals surface area contributed by atoms with Crippen molar-refractivity contribution in [2.45, 2.75) is 39.5 Å². The Morgan fingerprint density at radius 3 is 2.67 bits per heavy atom. The lowest BCUT2D eigenvalue weighted by Gasteiger charge is -2.12. The summed E-state index contributed by atoms with van der Waals surface area (Å²) in [5.41, 5.74) is 6.20. The summed E-state index contributed by atoms with van der Waals surface area (Å²) >= 11 is 1.24. The molecule has 3 heterocycles. The van der Waals surface area contributed by atoms with Crippen molar-refractivity contribution in [2.24, 2.45) is 0 Å². The minimum atomic E-state index is 0.0270. The number of ketones is 1. The fourth-order valence-electron chi connectivity index (χ4n) is 3.33. The van der Waals surface area contributed by atoms with E-state index in [9.17, 15) is 4.79 Å². The third-order valence-corrected chi connectivity index (χ3v) is 5.84. The monoisotopic (exact) mass is 422 g/mol. The van der Waals surface area contributed by atoms with Crippen molar-refractivity contribution < 1.29 is 9.21 Å². The predicted molar refractivity (Wildman–Crippen MR) is 113 cm³/mol. The fraction of sp³-hybridized carbons (Fsp3) is 0.286. The number of benzene rings is 1. The van der Waals surface area contributed by atoms with Crippen LogP contribution in [-0.2, 0) is 6.54 Å². The molecule has 30 heavy (non-hydrogen) atoms. The van der Waals surface area contributed by atoms with E-state index in [1.807, 2.05) is 19.9 Å². The highest BCUT2D eigenvalue weighted by atomic mass is 32.2. The first-order valence-electron chi connectivity index (χ1n) is 9.49. The molecule has 1 aromatic carbocycles. The summed E-state index contributed by atoms with van der Waals surface area (Å²) in [7, 11) is 0. The van der Waals surface area contributed by atoms with Crippen molar-refractivity contribution in [1.29, 1.82) is 0 Å². The quantitative estimate of drug-likeness (QED) is 0.331. The molecule has 0 aliphatic heterocycles. The van der Waals surface area contributed by atoms with Crippen molar-refractivity contribution in [2.75, 3.05) is 5.75 Å². The number of Topliss-reactive ketones (excluding diaryl/α,β-unsaturated/α-hetero) is 1. The Morgan fingerprint density at radius 1 is 1.10 bits per heavy atom. The van der Waals surface area contributed by atoms with E-state index in [1.165, 1.54) is 29.2 Å². The third kappa shape index (κ3) is 4.06. The summed E-state index contributed by atoms with van der Waals surface area (Å²) in [5, 5.41) is 12.4. The number of hydrogen-bond acceptors (Lipinski definition) is 7. The molecule has 8 nitrogen and oxygen atoms in total. The van der Waals surface area contributed by atoms with E-state index >= 15 is 0 Å². The maximum absolute atomic E-state index is 12.9. The van der Waals surface area contributed by atoms with Crippen LogP contribution in [0.3, 0.4) is 0 Å². The van der Waals surface area contributed by atoms with Gasteiger partial charge in [-0.1, -0.05) is 17.8 Å². The lowest BCUT2D eigenvalue weighted by Crippen LogP contribution is -2.06. The molecule has 0 saturated heterocycles. The zero-order valence-corrected chi connectivity index (χ0v) is 18.1. The average Bonchev–Trinajstić information content (AvgIpc) is 3.44. The van der Waals surface area contributed by atoms with E-state index in [1.54, 1.807) is 11.0 Å². The van der Waals surface area contributed by atoms with E-state index in [0.717, 1.165) is 17.1 Å². The summed E-state index contributed by atoms with van der Waals surface area (Å²) in [4.78, 5) is 16.8. The highest BCUT2D eigenvalue weighted by molar-refractivity contribution is 7.99. The van der Waals surface area contributed by atoms with Gasteiger partial charge in [-0.2, -0.15) is 5.10 Å². The van der Waals surface area contributed by atoms with Gasteiger partial charge in [-0.05, 0) is 57.0 Å². The summed E-state index contributed by atoms with van der Waals surface area (Å²) in [6, 6.07) is 8.28. The number of nitrogens with zero attached hydrogens (tertiary/aromatic N) is 6. The summed E-state index contributed by atoms with van der Waals surface area (Å²) in [5.74, 6) is 0.671. The Kier molecular flexibility index (Phi) is 5.54. The number of aryl methyl sites for hydroxylation is 3. The Morgan fingerprint density at radius 2 is 1.93 bits per heavy atom. The highest BCUT2D eigenvalue weighted by Crippen LogP contribution is 2.25. The lowest BCUT2D eigenvalue weighted by molar-refractivity contribution is 0.102. The third-order valence-electron chi connectivity index (χ3n) is 5.02. The van der Waals surface area contributed by atoms with Crippen LogP contribution >= 0.6 is 11.8 Å². The van der Waals surface area contributed by atoms with Gasteiger partial charge < -0.3 is 8.98 Å². The molecule has 154 valence electrons. The molecule has 3 aromatic heterocycles. The molecular weight excluding hydrogens is 400 g/mol. The SMILES string of the molecule is Cc1ccc(-n2c(C)cc(C(=O)CSc3nnc(Cn4cncn4)o3)c2C)cc1C. The van der Waals surface area contributed by atoms with E-state index < -0.39 is 0 Å². The highest BCUT2D eigenvalue weighted by Gasteiger charge is 2.18. The van der Waals surface area contributed by atoms with Crippen molar-refractivity contribution in [1.82, 2.24) is 29.5 Å². The van der Waals surface area contributed by atoms with Gasteiger partial charge in [0.25, 0.3) is 5.22 Å². The molecule has 0 unspecified atom stereocenters. The molecule has 0 aliphatic carbocycles. The molecular formula is C21H22N6O2S. The zero-order chi connectivity index (χ0) is 21.3. The van der Waals surface area contributed by atoms with Crippen LogP contribution in [0.2, 0.25) is 0 Å². The second-order valence-corrected chi connectivity index (χ2v) is 8.08. The molecule has 4 rings (SSSR count). The summed E-state index contributed by atoms with van der Waals surface area (Å²) < 4.78 is 9.30. The summed E-state index contributed by atoms with van der Waals surface area (Å²) in [6.45, 7) is 8.52. The zero-order valence-electron chi connectivity index (χ0n) is 17.3. The molecule has 0 radical (unpaired) electrons. The smallest absolute Gasteiger partial charge is 0.277 e. The van der Waals surface area contributed by atoms with Gasteiger partial charge >= 0.3 is 0 Å². The Bertz CT molecular complexity index is 1190. The van der Waals surface area contributed by atoms with Gasteiger partial charge in [-0.3, -0.25) is 4.79 Å². The van der Waals surface area contributed by atoms with Gasteiger partial charge in [0.1, 0.15) is 19.2 Å². The second-order valence-electron chi connectivity index (χ2n) is 7.16. The number of rotatable bonds is 7.